The van der Waals surface area contributed by atoms with Crippen molar-refractivity contribution in [3.63, 3.8) is 0 Å². The van der Waals surface area contributed by atoms with Gasteiger partial charge in [-0.1, -0.05) is 0 Å². The third-order valence-corrected chi connectivity index (χ3v) is 7.36. The van der Waals surface area contributed by atoms with Crippen LogP contribution in [0, 0.1) is 0 Å². The van der Waals surface area contributed by atoms with Crippen LogP contribution in [0.3, 0.4) is 0 Å². The van der Waals surface area contributed by atoms with Crippen molar-refractivity contribution in [2.24, 2.45) is 0 Å². The van der Waals surface area contributed by atoms with Gasteiger partial charge in [0.1, 0.15) is 0 Å². The molecule has 2 rings (SSSR count). The lowest BCUT2D eigenvalue weighted by molar-refractivity contribution is 0.557. The number of sulfone groups is 1. The van der Waals surface area contributed by atoms with Crippen molar-refractivity contribution < 1.29 is 8.42 Å². The Morgan fingerprint density at radius 3 is 2.80 bits per heavy atom. The fraction of sp³-hybridized carbons (Fsp3) is 1.00. The van der Waals surface area contributed by atoms with E-state index in [4.69, 9.17) is 0 Å². The molecule has 0 radical (unpaired) electrons. The highest BCUT2D eigenvalue weighted by Gasteiger charge is 2.28. The molecule has 0 aromatic rings. The molecule has 88 valence electrons. The van der Waals surface area contributed by atoms with Crippen LogP contribution in [0.15, 0.2) is 0 Å². The monoisotopic (exact) mass is 267 g/mol. The molecule has 0 aromatic heterocycles. The summed E-state index contributed by atoms with van der Waals surface area (Å²) in [6, 6.07) is 0.211. The molecule has 0 bridgehead atoms. The number of hydrogen-bond acceptors (Lipinski definition) is 5. The molecule has 2 saturated heterocycles. The van der Waals surface area contributed by atoms with Gasteiger partial charge in [-0.25, -0.2) is 8.42 Å². The minimum Gasteiger partial charge on any atom is -0.312 e. The smallest absolute Gasteiger partial charge is 0.151 e. The standard InChI is InChI=1S/C9H17NO2S3/c11-15(12)4-1-8(7-15)10-5-9-6-13-2-3-14-9/h8-10H,1-7H2. The second kappa shape index (κ2) is 5.29. The molecule has 2 aliphatic heterocycles. The molecule has 0 saturated carbocycles. The van der Waals surface area contributed by atoms with Gasteiger partial charge in [0.2, 0.25) is 0 Å². The van der Waals surface area contributed by atoms with Crippen molar-refractivity contribution in [1.82, 2.24) is 5.32 Å². The quantitative estimate of drug-likeness (QED) is 0.812. The van der Waals surface area contributed by atoms with Gasteiger partial charge in [-0.15, -0.1) is 0 Å². The number of rotatable bonds is 3. The Hall–Kier alpha value is 0.610. The highest BCUT2D eigenvalue weighted by molar-refractivity contribution is 8.06. The molecule has 2 fully saturated rings. The van der Waals surface area contributed by atoms with E-state index in [1.807, 2.05) is 23.5 Å². The van der Waals surface area contributed by atoms with E-state index in [2.05, 4.69) is 5.32 Å². The van der Waals surface area contributed by atoms with E-state index >= 15 is 0 Å². The highest BCUT2D eigenvalue weighted by Crippen LogP contribution is 2.23. The predicted molar refractivity (Wildman–Crippen MR) is 68.6 cm³/mol. The summed E-state index contributed by atoms with van der Waals surface area (Å²) in [6.07, 6.45) is 0.798. The summed E-state index contributed by atoms with van der Waals surface area (Å²) >= 11 is 4.02. The predicted octanol–water partition coefficient (Wildman–Crippen LogP) is 0.612. The van der Waals surface area contributed by atoms with E-state index in [0.717, 1.165) is 13.0 Å². The van der Waals surface area contributed by atoms with Crippen LogP contribution >= 0.6 is 23.5 Å². The van der Waals surface area contributed by atoms with E-state index in [1.165, 1.54) is 17.3 Å². The second-order valence-corrected chi connectivity index (χ2v) is 8.86. The minimum atomic E-state index is -2.72. The first-order chi connectivity index (χ1) is 7.16. The van der Waals surface area contributed by atoms with Crippen LogP contribution in [0.4, 0.5) is 0 Å². The summed E-state index contributed by atoms with van der Waals surface area (Å²) in [6.45, 7) is 0.970. The third kappa shape index (κ3) is 3.84. The molecule has 2 heterocycles. The average molecular weight is 267 g/mol. The summed E-state index contributed by atoms with van der Waals surface area (Å²) in [5.74, 6) is 4.42. The number of thioether (sulfide) groups is 2. The molecule has 2 aliphatic rings. The van der Waals surface area contributed by atoms with Crippen molar-refractivity contribution >= 4 is 33.4 Å². The van der Waals surface area contributed by atoms with Gasteiger partial charge in [-0.2, -0.15) is 23.5 Å². The lowest BCUT2D eigenvalue weighted by atomic mass is 10.2. The third-order valence-electron chi connectivity index (χ3n) is 2.75. The van der Waals surface area contributed by atoms with Gasteiger partial charge in [0.25, 0.3) is 0 Å². The van der Waals surface area contributed by atoms with Crippen LogP contribution in [0.5, 0.6) is 0 Å². The van der Waals surface area contributed by atoms with Gasteiger partial charge in [-0.3, -0.25) is 0 Å². The molecule has 3 nitrogen and oxygen atoms in total. The molecular weight excluding hydrogens is 250 g/mol. The minimum absolute atomic E-state index is 0.211. The van der Waals surface area contributed by atoms with Gasteiger partial charge < -0.3 is 5.32 Å². The van der Waals surface area contributed by atoms with Crippen molar-refractivity contribution in [3.8, 4) is 0 Å². The van der Waals surface area contributed by atoms with Crippen molar-refractivity contribution in [2.45, 2.75) is 17.7 Å². The number of hydrogen-bond donors (Lipinski definition) is 1. The Labute approximate surface area is 100 Å². The molecule has 6 heteroatoms. The first-order valence-electron chi connectivity index (χ1n) is 5.29. The van der Waals surface area contributed by atoms with Crippen molar-refractivity contribution in [2.75, 3.05) is 35.3 Å². The maximum absolute atomic E-state index is 11.2. The Kier molecular flexibility index (Phi) is 4.26. The second-order valence-electron chi connectivity index (χ2n) is 4.08. The fourth-order valence-electron chi connectivity index (χ4n) is 1.91. The largest absolute Gasteiger partial charge is 0.312 e. The molecule has 2 atom stereocenters. The zero-order valence-corrected chi connectivity index (χ0v) is 11.1. The zero-order valence-electron chi connectivity index (χ0n) is 8.65. The maximum atomic E-state index is 11.2. The van der Waals surface area contributed by atoms with Crippen LogP contribution in [0.25, 0.3) is 0 Å². The highest BCUT2D eigenvalue weighted by atomic mass is 32.2. The van der Waals surface area contributed by atoms with Gasteiger partial charge in [0.15, 0.2) is 9.84 Å². The first-order valence-corrected chi connectivity index (χ1v) is 9.31. The van der Waals surface area contributed by atoms with Crippen molar-refractivity contribution in [1.29, 1.82) is 0 Å². The zero-order chi connectivity index (χ0) is 10.7. The Morgan fingerprint density at radius 1 is 1.33 bits per heavy atom. The Bertz CT molecular complexity index is 298. The molecule has 0 aliphatic carbocycles. The van der Waals surface area contributed by atoms with Crippen LogP contribution in [-0.2, 0) is 9.84 Å². The van der Waals surface area contributed by atoms with Crippen LogP contribution < -0.4 is 5.32 Å². The first kappa shape index (κ1) is 12.1. The number of nitrogens with one attached hydrogen (secondary N) is 1. The average Bonchev–Trinajstić information content (AvgIpc) is 2.57. The SMILES string of the molecule is O=S1(=O)CCC(NCC2CSCCS2)C1. The summed E-state index contributed by atoms with van der Waals surface area (Å²) in [7, 11) is -2.72. The van der Waals surface area contributed by atoms with E-state index < -0.39 is 9.84 Å². The summed E-state index contributed by atoms with van der Waals surface area (Å²) in [5.41, 5.74) is 0. The van der Waals surface area contributed by atoms with E-state index in [-0.39, 0.29) is 6.04 Å². The molecule has 0 aromatic carbocycles. The summed E-state index contributed by atoms with van der Waals surface area (Å²) in [5, 5.41) is 4.07. The van der Waals surface area contributed by atoms with E-state index in [9.17, 15) is 8.42 Å². The van der Waals surface area contributed by atoms with Crippen molar-refractivity contribution in [3.05, 3.63) is 0 Å². The van der Waals surface area contributed by atoms with Gasteiger partial charge >= 0.3 is 0 Å². The summed E-state index contributed by atoms with van der Waals surface area (Å²) in [4.78, 5) is 0. The van der Waals surface area contributed by atoms with Gasteiger partial charge in [0.05, 0.1) is 11.5 Å². The van der Waals surface area contributed by atoms with Crippen LogP contribution in [-0.4, -0.2) is 55.0 Å². The Balaban J connectivity index is 1.70. The molecule has 0 amide bonds. The van der Waals surface area contributed by atoms with Crippen LogP contribution in [0.1, 0.15) is 6.42 Å². The lowest BCUT2D eigenvalue weighted by Gasteiger charge is -2.22. The van der Waals surface area contributed by atoms with Gasteiger partial charge in [-0.05, 0) is 6.42 Å². The molecular formula is C9H17NO2S3. The summed E-state index contributed by atoms with van der Waals surface area (Å²) < 4.78 is 22.5. The van der Waals surface area contributed by atoms with E-state index in [1.54, 1.807) is 0 Å². The normalized spacial score (nSPS) is 35.5. The fourth-order valence-corrected chi connectivity index (χ4v) is 6.24. The maximum Gasteiger partial charge on any atom is 0.151 e. The molecule has 2 unspecified atom stereocenters. The molecule has 0 spiro atoms. The Morgan fingerprint density at radius 2 is 2.20 bits per heavy atom. The van der Waals surface area contributed by atoms with E-state index in [0.29, 0.717) is 16.8 Å². The van der Waals surface area contributed by atoms with Gasteiger partial charge in [0, 0.05) is 35.1 Å². The molecule has 15 heavy (non-hydrogen) atoms. The van der Waals surface area contributed by atoms with Crippen LogP contribution in [0.2, 0.25) is 0 Å². The molecule has 1 N–H and O–H groups in total. The lowest BCUT2D eigenvalue weighted by Crippen LogP contribution is -2.37. The topological polar surface area (TPSA) is 46.2 Å².